The number of thiophene rings is 1. The number of hydrogen-bond donors (Lipinski definition) is 1. The number of hydrogen-bond acceptors (Lipinski definition) is 4. The van der Waals surface area contributed by atoms with Gasteiger partial charge < -0.3 is 15.1 Å². The highest BCUT2D eigenvalue weighted by Crippen LogP contribution is 2.17. The minimum absolute atomic E-state index is 0.0673. The van der Waals surface area contributed by atoms with Gasteiger partial charge in [0.05, 0.1) is 10.6 Å². The summed E-state index contributed by atoms with van der Waals surface area (Å²) in [5, 5.41) is 4.33. The first-order chi connectivity index (χ1) is 16.9. The molecule has 0 atom stereocenters. The lowest BCUT2D eigenvalue weighted by Gasteiger charge is -2.35. The molecule has 0 radical (unpaired) electrons. The molecule has 1 aromatic heterocycles. The number of nitrogens with one attached hydrogen (secondary N) is 1. The largest absolute Gasteiger partial charge is 0.332 e. The Morgan fingerprint density at radius 1 is 0.943 bits per heavy atom. The second-order valence-electron chi connectivity index (χ2n) is 8.21. The Bertz CT molecular complexity index is 1150. The SMILES string of the molecule is O=C(Nc1ccc(F)cc1F)N1CCN(CCN(Cc2ccc(F)cc2)C(=O)c2cccs2)CC1. The molecular weight excluding hydrogens is 477 g/mol. The van der Waals surface area contributed by atoms with E-state index in [9.17, 15) is 22.8 Å². The summed E-state index contributed by atoms with van der Waals surface area (Å²) in [4.78, 5) is 31.6. The zero-order valence-corrected chi connectivity index (χ0v) is 19.7. The molecule has 0 spiro atoms. The van der Waals surface area contributed by atoms with Crippen molar-refractivity contribution in [1.29, 1.82) is 0 Å². The summed E-state index contributed by atoms with van der Waals surface area (Å²) in [6, 6.07) is 12.3. The molecule has 4 rings (SSSR count). The van der Waals surface area contributed by atoms with Crippen molar-refractivity contribution >= 4 is 29.0 Å². The van der Waals surface area contributed by atoms with Crippen molar-refractivity contribution < 1.29 is 22.8 Å². The summed E-state index contributed by atoms with van der Waals surface area (Å²) >= 11 is 1.38. The van der Waals surface area contributed by atoms with Crippen molar-refractivity contribution in [2.24, 2.45) is 0 Å². The number of carbonyl (C=O) groups is 2. The lowest BCUT2D eigenvalue weighted by Crippen LogP contribution is -2.51. The summed E-state index contributed by atoms with van der Waals surface area (Å²) < 4.78 is 40.2. The van der Waals surface area contributed by atoms with Crippen molar-refractivity contribution in [2.45, 2.75) is 6.54 Å². The minimum atomic E-state index is -0.825. The van der Waals surface area contributed by atoms with Crippen LogP contribution in [0.15, 0.2) is 60.0 Å². The lowest BCUT2D eigenvalue weighted by atomic mass is 10.2. The zero-order valence-electron chi connectivity index (χ0n) is 18.9. The fourth-order valence-corrected chi connectivity index (χ4v) is 4.53. The van der Waals surface area contributed by atoms with Crippen LogP contribution in [0.3, 0.4) is 0 Å². The molecule has 1 aliphatic rings. The Kier molecular flexibility index (Phi) is 8.04. The van der Waals surface area contributed by atoms with Crippen molar-refractivity contribution in [2.75, 3.05) is 44.6 Å². The maximum absolute atomic E-state index is 13.8. The topological polar surface area (TPSA) is 55.9 Å². The van der Waals surface area contributed by atoms with Crippen LogP contribution in [0, 0.1) is 17.5 Å². The van der Waals surface area contributed by atoms with E-state index in [0.29, 0.717) is 50.7 Å². The first-order valence-corrected chi connectivity index (χ1v) is 12.1. The van der Waals surface area contributed by atoms with E-state index >= 15 is 0 Å². The van der Waals surface area contributed by atoms with Crippen molar-refractivity contribution in [3.05, 3.63) is 87.9 Å². The van der Waals surface area contributed by atoms with E-state index in [-0.39, 0.29) is 17.4 Å². The van der Waals surface area contributed by atoms with Crippen LogP contribution < -0.4 is 5.32 Å². The van der Waals surface area contributed by atoms with Crippen LogP contribution in [0.1, 0.15) is 15.2 Å². The van der Waals surface area contributed by atoms with Gasteiger partial charge in [0.1, 0.15) is 17.5 Å². The number of piperazine rings is 1. The van der Waals surface area contributed by atoms with Gasteiger partial charge in [0.25, 0.3) is 5.91 Å². The number of rotatable bonds is 7. The van der Waals surface area contributed by atoms with Crippen LogP contribution in [0.25, 0.3) is 0 Å². The minimum Gasteiger partial charge on any atom is -0.332 e. The molecule has 0 unspecified atom stereocenters. The first kappa shape index (κ1) is 24.7. The average molecular weight is 503 g/mol. The number of amides is 3. The predicted octanol–water partition coefficient (Wildman–Crippen LogP) is 4.66. The van der Waals surface area contributed by atoms with Gasteiger partial charge in [-0.05, 0) is 41.3 Å². The van der Waals surface area contributed by atoms with Gasteiger partial charge in [0.15, 0.2) is 0 Å². The zero-order chi connectivity index (χ0) is 24.8. The third-order valence-corrected chi connectivity index (χ3v) is 6.68. The van der Waals surface area contributed by atoms with Gasteiger partial charge >= 0.3 is 6.03 Å². The van der Waals surface area contributed by atoms with Crippen molar-refractivity contribution in [3.63, 3.8) is 0 Å². The van der Waals surface area contributed by atoms with Crippen molar-refractivity contribution in [1.82, 2.24) is 14.7 Å². The molecule has 0 saturated carbocycles. The van der Waals surface area contributed by atoms with Gasteiger partial charge in [-0.1, -0.05) is 18.2 Å². The van der Waals surface area contributed by atoms with E-state index in [2.05, 4.69) is 10.2 Å². The van der Waals surface area contributed by atoms with Gasteiger partial charge in [0.2, 0.25) is 0 Å². The maximum atomic E-state index is 13.8. The number of benzene rings is 2. The molecule has 1 saturated heterocycles. The van der Waals surface area contributed by atoms with Crippen LogP contribution >= 0.6 is 11.3 Å². The van der Waals surface area contributed by atoms with E-state index in [1.165, 1.54) is 29.5 Å². The second kappa shape index (κ2) is 11.4. The third-order valence-electron chi connectivity index (χ3n) is 5.82. The summed E-state index contributed by atoms with van der Waals surface area (Å²) in [6.45, 7) is 3.51. The Balaban J connectivity index is 1.31. The van der Waals surface area contributed by atoms with E-state index in [1.54, 1.807) is 28.0 Å². The van der Waals surface area contributed by atoms with Gasteiger partial charge in [-0.3, -0.25) is 9.69 Å². The van der Waals surface area contributed by atoms with Gasteiger partial charge in [-0.25, -0.2) is 18.0 Å². The van der Waals surface area contributed by atoms with Crippen LogP contribution in [0.2, 0.25) is 0 Å². The average Bonchev–Trinajstić information content (AvgIpc) is 3.40. The monoisotopic (exact) mass is 502 g/mol. The summed E-state index contributed by atoms with van der Waals surface area (Å²) in [5.74, 6) is -1.94. The Labute approximate surface area is 205 Å². The molecule has 2 heterocycles. The number of anilines is 1. The molecule has 3 amide bonds. The van der Waals surface area contributed by atoms with Gasteiger partial charge in [-0.15, -0.1) is 11.3 Å². The molecule has 184 valence electrons. The van der Waals surface area contributed by atoms with Crippen LogP contribution in [-0.2, 0) is 6.54 Å². The predicted molar refractivity (Wildman–Crippen MR) is 129 cm³/mol. The lowest BCUT2D eigenvalue weighted by molar-refractivity contribution is 0.0709. The number of halogens is 3. The molecule has 6 nitrogen and oxygen atoms in total. The number of urea groups is 1. The molecular formula is C25H25F3N4O2S. The second-order valence-corrected chi connectivity index (χ2v) is 9.16. The molecule has 1 N–H and O–H groups in total. The standard InChI is InChI=1S/C25H25F3N4O2S/c26-19-5-3-18(4-6-19)17-32(24(33)23-2-1-15-35-23)14-11-30-9-12-31(13-10-30)25(34)29-22-8-7-20(27)16-21(22)28/h1-8,15-16H,9-14,17H2,(H,29,34). The van der Waals surface area contributed by atoms with E-state index in [0.717, 1.165) is 17.7 Å². The molecule has 0 aliphatic carbocycles. The highest BCUT2D eigenvalue weighted by Gasteiger charge is 2.24. The first-order valence-electron chi connectivity index (χ1n) is 11.2. The van der Waals surface area contributed by atoms with E-state index < -0.39 is 17.7 Å². The number of nitrogens with zero attached hydrogens (tertiary/aromatic N) is 3. The Hall–Kier alpha value is -3.37. The molecule has 1 fully saturated rings. The third kappa shape index (κ3) is 6.61. The van der Waals surface area contributed by atoms with E-state index in [4.69, 9.17) is 0 Å². The summed E-state index contributed by atoms with van der Waals surface area (Å²) in [6.07, 6.45) is 0. The quantitative estimate of drug-likeness (QED) is 0.512. The molecule has 3 aromatic rings. The molecule has 0 bridgehead atoms. The van der Waals surface area contributed by atoms with E-state index in [1.807, 2.05) is 11.4 Å². The van der Waals surface area contributed by atoms with Crippen LogP contribution in [0.5, 0.6) is 0 Å². The highest BCUT2D eigenvalue weighted by atomic mass is 32.1. The van der Waals surface area contributed by atoms with Gasteiger partial charge in [-0.2, -0.15) is 0 Å². The van der Waals surface area contributed by atoms with Crippen LogP contribution in [-0.4, -0.2) is 65.9 Å². The normalized spacial score (nSPS) is 14.1. The molecule has 1 aliphatic heterocycles. The Morgan fingerprint density at radius 2 is 1.66 bits per heavy atom. The summed E-state index contributed by atoms with van der Waals surface area (Å²) in [5.41, 5.74) is 0.771. The highest BCUT2D eigenvalue weighted by molar-refractivity contribution is 7.12. The maximum Gasteiger partial charge on any atom is 0.322 e. The molecule has 2 aromatic carbocycles. The smallest absolute Gasteiger partial charge is 0.322 e. The fraction of sp³-hybridized carbons (Fsp3) is 0.280. The summed E-state index contributed by atoms with van der Waals surface area (Å²) in [7, 11) is 0. The molecule has 10 heteroatoms. The van der Waals surface area contributed by atoms with Crippen molar-refractivity contribution in [3.8, 4) is 0 Å². The molecule has 35 heavy (non-hydrogen) atoms. The Morgan fingerprint density at radius 3 is 2.31 bits per heavy atom. The number of carbonyl (C=O) groups excluding carboxylic acids is 2. The van der Waals surface area contributed by atoms with Gasteiger partial charge in [0, 0.05) is 51.9 Å². The fourth-order valence-electron chi connectivity index (χ4n) is 3.84. The van der Waals surface area contributed by atoms with Crippen LogP contribution in [0.4, 0.5) is 23.7 Å².